The second kappa shape index (κ2) is 14.8. The van der Waals surface area contributed by atoms with Gasteiger partial charge in [-0.05, 0) is 61.8 Å². The maximum Gasteiger partial charge on any atom is 0.302 e. The van der Waals surface area contributed by atoms with Crippen molar-refractivity contribution in [1.29, 1.82) is 0 Å². The SMILES string of the molecule is C=CCCC(CCCCC(OCOC)c1ccc(OC)c(CC=C)c1)OC(C)=O. The van der Waals surface area contributed by atoms with Gasteiger partial charge in [-0.15, -0.1) is 13.2 Å². The lowest BCUT2D eigenvalue weighted by Gasteiger charge is -2.20. The van der Waals surface area contributed by atoms with Crippen LogP contribution in [0.25, 0.3) is 0 Å². The van der Waals surface area contributed by atoms with Crippen LogP contribution in [0.15, 0.2) is 43.5 Å². The highest BCUT2D eigenvalue weighted by molar-refractivity contribution is 5.66. The number of methoxy groups -OCH3 is 2. The zero-order valence-electron chi connectivity index (χ0n) is 18.2. The first-order chi connectivity index (χ1) is 14.0. The topological polar surface area (TPSA) is 54.0 Å². The molecule has 0 N–H and O–H groups in total. The highest BCUT2D eigenvalue weighted by Crippen LogP contribution is 2.29. The molecule has 0 heterocycles. The molecule has 0 aliphatic carbocycles. The Morgan fingerprint density at radius 3 is 2.48 bits per heavy atom. The highest BCUT2D eigenvalue weighted by atomic mass is 16.7. The quantitative estimate of drug-likeness (QED) is 0.157. The van der Waals surface area contributed by atoms with Crippen molar-refractivity contribution in [3.05, 3.63) is 54.6 Å². The molecule has 0 radical (unpaired) electrons. The summed E-state index contributed by atoms with van der Waals surface area (Å²) in [6.07, 6.45) is 9.62. The molecule has 0 fully saturated rings. The Kier molecular flexibility index (Phi) is 12.7. The first-order valence-corrected chi connectivity index (χ1v) is 10.2. The third kappa shape index (κ3) is 9.77. The van der Waals surface area contributed by atoms with Gasteiger partial charge in [-0.1, -0.05) is 24.6 Å². The van der Waals surface area contributed by atoms with Crippen molar-refractivity contribution >= 4 is 5.97 Å². The Balaban J connectivity index is 2.71. The minimum Gasteiger partial charge on any atom is -0.496 e. The first-order valence-electron chi connectivity index (χ1n) is 10.2. The van der Waals surface area contributed by atoms with Crippen molar-refractivity contribution in [2.45, 2.75) is 64.1 Å². The van der Waals surface area contributed by atoms with Gasteiger partial charge in [0.15, 0.2) is 0 Å². The summed E-state index contributed by atoms with van der Waals surface area (Å²) in [5.74, 6) is 0.624. The smallest absolute Gasteiger partial charge is 0.302 e. The van der Waals surface area contributed by atoms with E-state index in [1.807, 2.05) is 24.3 Å². The zero-order chi connectivity index (χ0) is 21.5. The number of carbonyl (C=O) groups excluding carboxylic acids is 1. The lowest BCUT2D eigenvalue weighted by atomic mass is 9.98. The molecule has 0 saturated heterocycles. The van der Waals surface area contributed by atoms with Crippen LogP contribution in [0.5, 0.6) is 5.75 Å². The van der Waals surface area contributed by atoms with Gasteiger partial charge in [-0.25, -0.2) is 0 Å². The maximum absolute atomic E-state index is 11.3. The van der Waals surface area contributed by atoms with Crippen LogP contribution in [0.3, 0.4) is 0 Å². The van der Waals surface area contributed by atoms with Gasteiger partial charge in [0, 0.05) is 14.0 Å². The molecule has 1 rings (SSSR count). The second-order valence-corrected chi connectivity index (χ2v) is 7.01. The Hall–Kier alpha value is -2.11. The molecule has 0 bridgehead atoms. The number of ether oxygens (including phenoxy) is 4. The number of hydrogen-bond donors (Lipinski definition) is 0. The van der Waals surface area contributed by atoms with E-state index in [2.05, 4.69) is 19.2 Å². The largest absolute Gasteiger partial charge is 0.496 e. The standard InChI is InChI=1S/C24H36O5/c1-6-8-12-22(29-19(3)25)13-9-10-14-24(28-18-26-4)21-15-16-23(27-5)20(17-21)11-7-2/h6-7,15-17,22,24H,1-2,8-14,18H2,3-5H3. The van der Waals surface area contributed by atoms with Crippen molar-refractivity contribution in [3.8, 4) is 5.75 Å². The number of carbonyl (C=O) groups is 1. The predicted octanol–water partition coefficient (Wildman–Crippen LogP) is 5.54. The van der Waals surface area contributed by atoms with Gasteiger partial charge in [0.2, 0.25) is 0 Å². The number of hydrogen-bond acceptors (Lipinski definition) is 5. The van der Waals surface area contributed by atoms with E-state index in [-0.39, 0.29) is 25.0 Å². The summed E-state index contributed by atoms with van der Waals surface area (Å²) in [4.78, 5) is 11.3. The number of unbranched alkanes of at least 4 members (excludes halogenated alkanes) is 1. The molecule has 0 aliphatic heterocycles. The van der Waals surface area contributed by atoms with Gasteiger partial charge < -0.3 is 18.9 Å². The molecule has 0 spiro atoms. The minimum absolute atomic E-state index is 0.0518. The summed E-state index contributed by atoms with van der Waals surface area (Å²) >= 11 is 0. The molecular formula is C24H36O5. The Bertz CT molecular complexity index is 626. The van der Waals surface area contributed by atoms with Gasteiger partial charge in [-0.3, -0.25) is 4.79 Å². The van der Waals surface area contributed by atoms with Crippen molar-refractivity contribution in [2.75, 3.05) is 21.0 Å². The maximum atomic E-state index is 11.3. The lowest BCUT2D eigenvalue weighted by Crippen LogP contribution is -2.16. The Morgan fingerprint density at radius 1 is 1.10 bits per heavy atom. The van der Waals surface area contributed by atoms with Crippen molar-refractivity contribution in [2.24, 2.45) is 0 Å². The summed E-state index contributed by atoms with van der Waals surface area (Å²) in [6, 6.07) is 6.13. The molecule has 0 saturated carbocycles. The van der Waals surface area contributed by atoms with Gasteiger partial charge in [0.05, 0.1) is 13.2 Å². The third-order valence-corrected chi connectivity index (χ3v) is 4.70. The molecule has 162 valence electrons. The predicted molar refractivity (Wildman–Crippen MR) is 116 cm³/mol. The van der Waals surface area contributed by atoms with Crippen molar-refractivity contribution < 1.29 is 23.7 Å². The van der Waals surface area contributed by atoms with E-state index in [0.29, 0.717) is 0 Å². The van der Waals surface area contributed by atoms with Crippen LogP contribution in [0.1, 0.15) is 62.7 Å². The van der Waals surface area contributed by atoms with Crippen LogP contribution in [0.2, 0.25) is 0 Å². The van der Waals surface area contributed by atoms with Crippen molar-refractivity contribution in [3.63, 3.8) is 0 Å². The van der Waals surface area contributed by atoms with E-state index < -0.39 is 0 Å². The normalized spacial score (nSPS) is 12.8. The first kappa shape index (κ1) is 24.9. The number of rotatable bonds is 16. The summed E-state index contributed by atoms with van der Waals surface area (Å²) in [6.45, 7) is 9.26. The third-order valence-electron chi connectivity index (χ3n) is 4.70. The molecular weight excluding hydrogens is 368 g/mol. The monoisotopic (exact) mass is 404 g/mol. The Morgan fingerprint density at radius 2 is 1.86 bits per heavy atom. The summed E-state index contributed by atoms with van der Waals surface area (Å²) in [7, 11) is 3.30. The van der Waals surface area contributed by atoms with E-state index in [1.165, 1.54) is 6.92 Å². The van der Waals surface area contributed by atoms with Crippen LogP contribution in [-0.2, 0) is 25.4 Å². The highest BCUT2D eigenvalue weighted by Gasteiger charge is 2.16. The van der Waals surface area contributed by atoms with Crippen LogP contribution < -0.4 is 4.74 Å². The van der Waals surface area contributed by atoms with E-state index >= 15 is 0 Å². The molecule has 5 nitrogen and oxygen atoms in total. The fraction of sp³-hybridized carbons (Fsp3) is 0.542. The van der Waals surface area contributed by atoms with Gasteiger partial charge >= 0.3 is 5.97 Å². The molecule has 0 aromatic heterocycles. The lowest BCUT2D eigenvalue weighted by molar-refractivity contribution is -0.147. The van der Waals surface area contributed by atoms with E-state index in [9.17, 15) is 4.79 Å². The minimum atomic E-state index is -0.228. The van der Waals surface area contributed by atoms with E-state index in [4.69, 9.17) is 18.9 Å². The van der Waals surface area contributed by atoms with Gasteiger partial charge in [0.1, 0.15) is 18.6 Å². The number of benzene rings is 1. The fourth-order valence-electron chi connectivity index (χ4n) is 3.31. The second-order valence-electron chi connectivity index (χ2n) is 7.01. The van der Waals surface area contributed by atoms with Crippen LogP contribution in [-0.4, -0.2) is 33.1 Å². The molecule has 1 aromatic carbocycles. The summed E-state index contributed by atoms with van der Waals surface area (Å²) < 4.78 is 21.9. The van der Waals surface area contributed by atoms with Crippen molar-refractivity contribution in [1.82, 2.24) is 0 Å². The number of allylic oxidation sites excluding steroid dienone is 2. The van der Waals surface area contributed by atoms with Crippen LogP contribution in [0, 0.1) is 0 Å². The van der Waals surface area contributed by atoms with Gasteiger partial charge in [-0.2, -0.15) is 0 Å². The molecule has 2 unspecified atom stereocenters. The summed E-state index contributed by atoms with van der Waals surface area (Å²) in [5, 5.41) is 0. The molecule has 0 aliphatic rings. The van der Waals surface area contributed by atoms with Gasteiger partial charge in [0.25, 0.3) is 0 Å². The number of esters is 1. The van der Waals surface area contributed by atoms with Crippen LogP contribution >= 0.6 is 0 Å². The van der Waals surface area contributed by atoms with E-state index in [1.54, 1.807) is 14.2 Å². The average Bonchev–Trinajstić information content (AvgIpc) is 2.71. The molecule has 29 heavy (non-hydrogen) atoms. The van der Waals surface area contributed by atoms with Crippen LogP contribution in [0.4, 0.5) is 0 Å². The average molecular weight is 405 g/mol. The fourth-order valence-corrected chi connectivity index (χ4v) is 3.31. The molecule has 5 heteroatoms. The molecule has 0 amide bonds. The molecule has 1 aromatic rings. The molecule has 2 atom stereocenters. The Labute approximate surface area is 175 Å². The van der Waals surface area contributed by atoms with E-state index in [0.717, 1.165) is 61.8 Å². The summed E-state index contributed by atoms with van der Waals surface area (Å²) in [5.41, 5.74) is 2.19. The zero-order valence-corrected chi connectivity index (χ0v) is 18.2.